The van der Waals surface area contributed by atoms with E-state index in [4.69, 9.17) is 4.74 Å². The van der Waals surface area contributed by atoms with E-state index in [9.17, 15) is 10.4 Å². The Morgan fingerprint density at radius 2 is 1.91 bits per heavy atom. The number of nitrogens with zero attached hydrogens (tertiary/aromatic N) is 1. The molecular formula is C32H47NO2. The van der Waals surface area contributed by atoms with Crippen LogP contribution in [0.25, 0.3) is 0 Å². The molecule has 4 saturated carbocycles. The van der Waals surface area contributed by atoms with E-state index in [-0.39, 0.29) is 0 Å². The van der Waals surface area contributed by atoms with Crippen LogP contribution < -0.4 is 0 Å². The quantitative estimate of drug-likeness (QED) is 0.424. The normalized spacial score (nSPS) is 41.3. The zero-order valence-corrected chi connectivity index (χ0v) is 22.3. The molecule has 0 bridgehead atoms. The Morgan fingerprint density at radius 3 is 2.71 bits per heavy atom. The fraction of sp³-hybridized carbons (Fsp3) is 0.781. The van der Waals surface area contributed by atoms with Gasteiger partial charge in [-0.1, -0.05) is 26.0 Å². The summed E-state index contributed by atoms with van der Waals surface area (Å²) in [5.41, 5.74) is 2.12. The molecule has 0 unspecified atom stereocenters. The molecule has 0 aromatic heterocycles. The molecule has 1 aromatic carbocycles. The van der Waals surface area contributed by atoms with Crippen molar-refractivity contribution >= 4 is 0 Å². The SMILES string of the molecule is CCOCC[C@@]1(O)CC[C@H]2[C@H](CC[C@@H]3[C@@H]2CC[C@]2(C)[C@@H]([C@H](C)Cc4cccc(C#N)c4)CC[C@@H]32)C1. The lowest BCUT2D eigenvalue weighted by Crippen LogP contribution is -2.51. The first kappa shape index (κ1) is 25.3. The van der Waals surface area contributed by atoms with Gasteiger partial charge in [0.25, 0.3) is 0 Å². The van der Waals surface area contributed by atoms with Crippen molar-refractivity contribution in [2.75, 3.05) is 13.2 Å². The molecule has 0 saturated heterocycles. The molecule has 0 radical (unpaired) electrons. The number of rotatable bonds is 7. The first-order valence-corrected chi connectivity index (χ1v) is 14.7. The second kappa shape index (κ2) is 10.2. The van der Waals surface area contributed by atoms with Crippen LogP contribution in [-0.2, 0) is 11.2 Å². The minimum atomic E-state index is -0.483. The lowest BCUT2D eigenvalue weighted by molar-refractivity contribution is -0.114. The van der Waals surface area contributed by atoms with Gasteiger partial charge in [0.15, 0.2) is 0 Å². The number of nitriles is 1. The van der Waals surface area contributed by atoms with E-state index >= 15 is 0 Å². The number of aliphatic hydroxyl groups is 1. The van der Waals surface area contributed by atoms with Crippen molar-refractivity contribution in [2.24, 2.45) is 46.8 Å². The van der Waals surface area contributed by atoms with Gasteiger partial charge in [-0.15, -0.1) is 0 Å². The summed E-state index contributed by atoms with van der Waals surface area (Å²) in [6.07, 6.45) is 13.5. The van der Waals surface area contributed by atoms with Crippen LogP contribution >= 0.6 is 0 Å². The molecule has 0 aliphatic heterocycles. The summed E-state index contributed by atoms with van der Waals surface area (Å²) in [5.74, 6) is 5.72. The molecule has 0 amide bonds. The lowest BCUT2D eigenvalue weighted by atomic mass is 9.48. The van der Waals surface area contributed by atoms with Crippen molar-refractivity contribution in [3.8, 4) is 6.07 Å². The maximum Gasteiger partial charge on any atom is 0.0991 e. The second-order valence-corrected chi connectivity index (χ2v) is 13.1. The van der Waals surface area contributed by atoms with Crippen LogP contribution in [0.2, 0.25) is 0 Å². The molecule has 0 spiro atoms. The van der Waals surface area contributed by atoms with Crippen LogP contribution in [-0.4, -0.2) is 23.9 Å². The first-order valence-electron chi connectivity index (χ1n) is 14.7. The molecular weight excluding hydrogens is 430 g/mol. The third-order valence-corrected chi connectivity index (χ3v) is 11.4. The average molecular weight is 478 g/mol. The van der Waals surface area contributed by atoms with Gasteiger partial charge in [0.05, 0.1) is 17.2 Å². The highest BCUT2D eigenvalue weighted by Crippen LogP contribution is 2.66. The zero-order valence-electron chi connectivity index (χ0n) is 22.3. The van der Waals surface area contributed by atoms with Gasteiger partial charge in [-0.3, -0.25) is 0 Å². The van der Waals surface area contributed by atoms with E-state index in [2.05, 4.69) is 32.0 Å². The van der Waals surface area contributed by atoms with Gasteiger partial charge in [0.1, 0.15) is 0 Å². The first-order chi connectivity index (χ1) is 16.9. The Morgan fingerprint density at radius 1 is 1.09 bits per heavy atom. The third kappa shape index (κ3) is 4.83. The van der Waals surface area contributed by atoms with Crippen LogP contribution in [0.15, 0.2) is 24.3 Å². The van der Waals surface area contributed by atoms with E-state index in [1.807, 2.05) is 19.1 Å². The number of ether oxygens (including phenoxy) is 1. The number of benzene rings is 1. The second-order valence-electron chi connectivity index (χ2n) is 13.1. The molecule has 9 atom stereocenters. The molecule has 4 aliphatic rings. The topological polar surface area (TPSA) is 53.2 Å². The monoisotopic (exact) mass is 477 g/mol. The molecule has 4 aliphatic carbocycles. The van der Waals surface area contributed by atoms with Crippen LogP contribution in [0.1, 0.15) is 96.1 Å². The van der Waals surface area contributed by atoms with Crippen molar-refractivity contribution in [3.05, 3.63) is 35.4 Å². The van der Waals surface area contributed by atoms with Crippen LogP contribution in [0, 0.1) is 58.2 Å². The highest BCUT2D eigenvalue weighted by Gasteiger charge is 2.58. The van der Waals surface area contributed by atoms with Gasteiger partial charge in [-0.2, -0.15) is 5.26 Å². The van der Waals surface area contributed by atoms with Crippen molar-refractivity contribution in [1.29, 1.82) is 5.26 Å². The summed E-state index contributed by atoms with van der Waals surface area (Å²) < 4.78 is 5.59. The van der Waals surface area contributed by atoms with Gasteiger partial charge >= 0.3 is 0 Å². The van der Waals surface area contributed by atoms with Crippen molar-refractivity contribution in [1.82, 2.24) is 0 Å². The smallest absolute Gasteiger partial charge is 0.0991 e. The van der Waals surface area contributed by atoms with E-state index in [1.165, 1.54) is 50.5 Å². The minimum absolute atomic E-state index is 0.479. The summed E-state index contributed by atoms with van der Waals surface area (Å²) in [6, 6.07) is 10.6. The molecule has 1 aromatic rings. The van der Waals surface area contributed by atoms with Gasteiger partial charge in [-0.05, 0) is 142 Å². The van der Waals surface area contributed by atoms with Crippen LogP contribution in [0.4, 0.5) is 0 Å². The molecule has 192 valence electrons. The van der Waals surface area contributed by atoms with Crippen molar-refractivity contribution in [2.45, 2.75) is 97.0 Å². The summed E-state index contributed by atoms with van der Waals surface area (Å²) >= 11 is 0. The van der Waals surface area contributed by atoms with Crippen LogP contribution in [0.5, 0.6) is 0 Å². The Kier molecular flexibility index (Phi) is 7.35. The zero-order chi connectivity index (χ0) is 24.6. The summed E-state index contributed by atoms with van der Waals surface area (Å²) in [4.78, 5) is 0. The summed E-state index contributed by atoms with van der Waals surface area (Å²) in [7, 11) is 0. The van der Waals surface area contributed by atoms with Crippen molar-refractivity contribution < 1.29 is 9.84 Å². The van der Waals surface area contributed by atoms with E-state index in [1.54, 1.807) is 0 Å². The third-order valence-electron chi connectivity index (χ3n) is 11.4. The predicted molar refractivity (Wildman–Crippen MR) is 141 cm³/mol. The number of hydrogen-bond acceptors (Lipinski definition) is 3. The maximum absolute atomic E-state index is 11.3. The van der Waals surface area contributed by atoms with Gasteiger partial charge in [0.2, 0.25) is 0 Å². The minimum Gasteiger partial charge on any atom is -0.390 e. The summed E-state index contributed by atoms with van der Waals surface area (Å²) in [5, 5.41) is 20.6. The highest BCUT2D eigenvalue weighted by atomic mass is 16.5. The molecule has 0 heterocycles. The van der Waals surface area contributed by atoms with Gasteiger partial charge in [-0.25, -0.2) is 0 Å². The van der Waals surface area contributed by atoms with Crippen molar-refractivity contribution in [3.63, 3.8) is 0 Å². The largest absolute Gasteiger partial charge is 0.390 e. The molecule has 3 nitrogen and oxygen atoms in total. The van der Waals surface area contributed by atoms with Gasteiger partial charge < -0.3 is 9.84 Å². The van der Waals surface area contributed by atoms with E-state index in [0.717, 1.165) is 73.4 Å². The maximum atomic E-state index is 11.3. The molecule has 35 heavy (non-hydrogen) atoms. The Bertz CT molecular complexity index is 922. The Labute approximate surface area is 213 Å². The van der Waals surface area contributed by atoms with E-state index in [0.29, 0.717) is 17.9 Å². The molecule has 4 fully saturated rings. The molecule has 3 heteroatoms. The van der Waals surface area contributed by atoms with Gasteiger partial charge in [0, 0.05) is 13.2 Å². The highest BCUT2D eigenvalue weighted by molar-refractivity contribution is 5.33. The standard InChI is InChI=1S/C32H47NO2/c1-4-35-17-16-32(34)15-13-26-25(20-32)8-9-28-27(26)12-14-31(3)29(10-11-30(28)31)22(2)18-23-6-5-7-24(19-23)21-33/h5-7,19,22,25-30,34H,4,8-18,20H2,1-3H3/t22-,25-,26+,27-,28-,29-,30+,31-,32+/m1/s1. The fourth-order valence-electron chi connectivity index (χ4n) is 9.85. The van der Waals surface area contributed by atoms with Crippen LogP contribution in [0.3, 0.4) is 0 Å². The molecule has 1 N–H and O–H groups in total. The van der Waals surface area contributed by atoms with E-state index < -0.39 is 5.60 Å². The predicted octanol–water partition coefficient (Wildman–Crippen LogP) is 7.16. The lowest BCUT2D eigenvalue weighted by Gasteiger charge is -2.57. The fourth-order valence-corrected chi connectivity index (χ4v) is 9.85. The summed E-state index contributed by atoms with van der Waals surface area (Å²) in [6.45, 7) is 8.62. The molecule has 5 rings (SSSR count). The number of fused-ring (bicyclic) bond motifs is 5. The average Bonchev–Trinajstić information content (AvgIpc) is 3.21. The Hall–Kier alpha value is -1.37. The number of hydrogen-bond donors (Lipinski definition) is 1. The Balaban J connectivity index is 1.24.